The molecule has 5 heteroatoms. The highest BCUT2D eigenvalue weighted by Crippen LogP contribution is 2.42. The quantitative estimate of drug-likeness (QED) is 0.590. The summed E-state index contributed by atoms with van der Waals surface area (Å²) in [4.78, 5) is 0. The Morgan fingerprint density at radius 2 is 1.89 bits per heavy atom. The van der Waals surface area contributed by atoms with Crippen LogP contribution in [0.3, 0.4) is 0 Å². The van der Waals surface area contributed by atoms with E-state index in [0.29, 0.717) is 12.8 Å². The number of hydrogen-bond donors (Lipinski definition) is 2. The molecule has 0 bridgehead atoms. The number of rotatable bonds is 5. The van der Waals surface area contributed by atoms with Gasteiger partial charge in [-0.05, 0) is 43.9 Å². The van der Waals surface area contributed by atoms with E-state index in [2.05, 4.69) is 5.43 Å². The van der Waals surface area contributed by atoms with Gasteiger partial charge in [0, 0.05) is 6.04 Å². The van der Waals surface area contributed by atoms with E-state index < -0.39 is 12.1 Å². The standard InChI is InChI=1S/C13H23F3N2/c14-13(15,16)11-3-1-2-10(8-11)12(18-17)7-6-9-4-5-9/h9-12,18H,1-8,17H2. The molecule has 3 atom stereocenters. The summed E-state index contributed by atoms with van der Waals surface area (Å²) < 4.78 is 38.3. The largest absolute Gasteiger partial charge is 0.391 e. The molecule has 2 nitrogen and oxygen atoms in total. The van der Waals surface area contributed by atoms with Crippen LogP contribution >= 0.6 is 0 Å². The fourth-order valence-corrected chi connectivity index (χ4v) is 3.17. The van der Waals surface area contributed by atoms with Crippen molar-refractivity contribution < 1.29 is 13.2 Å². The first kappa shape index (κ1) is 14.1. The Labute approximate surface area is 106 Å². The average Bonchev–Trinajstić information content (AvgIpc) is 3.13. The summed E-state index contributed by atoms with van der Waals surface area (Å²) in [5.41, 5.74) is 2.76. The maximum Gasteiger partial charge on any atom is 0.391 e. The molecule has 0 spiro atoms. The number of nitrogens with one attached hydrogen (secondary N) is 1. The third kappa shape index (κ3) is 3.85. The first-order chi connectivity index (χ1) is 8.50. The van der Waals surface area contributed by atoms with Gasteiger partial charge in [0.25, 0.3) is 0 Å². The van der Waals surface area contributed by atoms with Crippen molar-refractivity contribution >= 4 is 0 Å². The average molecular weight is 264 g/mol. The first-order valence-corrected chi connectivity index (χ1v) is 7.03. The molecule has 2 rings (SSSR count). The number of alkyl halides is 3. The van der Waals surface area contributed by atoms with Gasteiger partial charge in [-0.25, -0.2) is 0 Å². The van der Waals surface area contributed by atoms with Crippen LogP contribution < -0.4 is 11.3 Å². The van der Waals surface area contributed by atoms with Crippen molar-refractivity contribution in [1.82, 2.24) is 5.43 Å². The molecule has 0 heterocycles. The van der Waals surface area contributed by atoms with Crippen LogP contribution in [0.1, 0.15) is 51.4 Å². The van der Waals surface area contributed by atoms with Gasteiger partial charge in [0.05, 0.1) is 5.92 Å². The molecule has 2 aliphatic carbocycles. The van der Waals surface area contributed by atoms with Gasteiger partial charge in [0.2, 0.25) is 0 Å². The van der Waals surface area contributed by atoms with Crippen LogP contribution in [-0.4, -0.2) is 12.2 Å². The lowest BCUT2D eigenvalue weighted by Crippen LogP contribution is -2.44. The molecule has 2 saturated carbocycles. The van der Waals surface area contributed by atoms with E-state index in [1.165, 1.54) is 12.8 Å². The van der Waals surface area contributed by atoms with Crippen molar-refractivity contribution in [2.24, 2.45) is 23.6 Å². The Hall–Kier alpha value is -0.290. The van der Waals surface area contributed by atoms with E-state index in [9.17, 15) is 13.2 Å². The highest BCUT2D eigenvalue weighted by molar-refractivity contribution is 4.85. The Kier molecular flexibility index (Phi) is 4.54. The van der Waals surface area contributed by atoms with Gasteiger partial charge >= 0.3 is 6.18 Å². The van der Waals surface area contributed by atoms with Gasteiger partial charge in [0.1, 0.15) is 0 Å². The normalized spacial score (nSPS) is 31.3. The summed E-state index contributed by atoms with van der Waals surface area (Å²) in [6, 6.07) is 0.0655. The van der Waals surface area contributed by atoms with Crippen LogP contribution in [0.5, 0.6) is 0 Å². The predicted octanol–water partition coefficient (Wildman–Crippen LogP) is 3.38. The first-order valence-electron chi connectivity index (χ1n) is 7.03. The zero-order chi connectivity index (χ0) is 13.2. The lowest BCUT2D eigenvalue weighted by molar-refractivity contribution is -0.186. The molecule has 0 aromatic heterocycles. The molecule has 0 aromatic rings. The topological polar surface area (TPSA) is 38.0 Å². The maximum atomic E-state index is 12.8. The molecular weight excluding hydrogens is 241 g/mol. The van der Waals surface area contributed by atoms with Gasteiger partial charge in [-0.15, -0.1) is 0 Å². The monoisotopic (exact) mass is 264 g/mol. The van der Waals surface area contributed by atoms with E-state index in [4.69, 9.17) is 5.84 Å². The SMILES string of the molecule is NNC(CCC1CC1)C1CCCC(C(F)(F)F)C1. The molecule has 2 aliphatic rings. The van der Waals surface area contributed by atoms with E-state index >= 15 is 0 Å². The van der Waals surface area contributed by atoms with Crippen LogP contribution in [0.4, 0.5) is 13.2 Å². The number of halogens is 3. The highest BCUT2D eigenvalue weighted by atomic mass is 19.4. The third-order valence-electron chi connectivity index (χ3n) is 4.54. The second kappa shape index (κ2) is 5.78. The molecule has 0 amide bonds. The number of hydrogen-bond acceptors (Lipinski definition) is 2. The van der Waals surface area contributed by atoms with Crippen molar-refractivity contribution in [3.63, 3.8) is 0 Å². The summed E-state index contributed by atoms with van der Waals surface area (Å²) in [6.07, 6.45) is 2.68. The minimum absolute atomic E-state index is 0.0655. The molecule has 0 radical (unpaired) electrons. The second-order valence-corrected chi connectivity index (χ2v) is 5.96. The van der Waals surface area contributed by atoms with Crippen molar-refractivity contribution in [3.05, 3.63) is 0 Å². The smallest absolute Gasteiger partial charge is 0.271 e. The number of nitrogens with two attached hydrogens (primary N) is 1. The summed E-state index contributed by atoms with van der Waals surface area (Å²) in [7, 11) is 0. The van der Waals surface area contributed by atoms with Crippen LogP contribution in [0.2, 0.25) is 0 Å². The maximum absolute atomic E-state index is 12.8. The minimum Gasteiger partial charge on any atom is -0.271 e. The fraction of sp³-hybridized carbons (Fsp3) is 1.00. The van der Waals surface area contributed by atoms with Crippen LogP contribution in [0.15, 0.2) is 0 Å². The van der Waals surface area contributed by atoms with E-state index in [0.717, 1.165) is 25.2 Å². The lowest BCUT2D eigenvalue weighted by Gasteiger charge is -2.35. The molecular formula is C13H23F3N2. The molecule has 0 aromatic carbocycles. The summed E-state index contributed by atoms with van der Waals surface area (Å²) in [5.74, 6) is 5.32. The minimum atomic E-state index is -4.03. The zero-order valence-corrected chi connectivity index (χ0v) is 10.7. The molecule has 0 aliphatic heterocycles. The predicted molar refractivity (Wildman–Crippen MR) is 64.6 cm³/mol. The molecule has 2 fully saturated rings. The summed E-state index contributed by atoms with van der Waals surface area (Å²) in [6.45, 7) is 0. The van der Waals surface area contributed by atoms with E-state index in [1.807, 2.05) is 0 Å². The van der Waals surface area contributed by atoms with Crippen molar-refractivity contribution in [2.45, 2.75) is 63.6 Å². The Bertz CT molecular complexity index is 263. The van der Waals surface area contributed by atoms with Crippen molar-refractivity contribution in [2.75, 3.05) is 0 Å². The van der Waals surface area contributed by atoms with Crippen molar-refractivity contribution in [1.29, 1.82) is 0 Å². The van der Waals surface area contributed by atoms with Crippen molar-refractivity contribution in [3.8, 4) is 0 Å². The van der Waals surface area contributed by atoms with E-state index in [-0.39, 0.29) is 18.4 Å². The van der Waals surface area contributed by atoms with Crippen LogP contribution in [0, 0.1) is 17.8 Å². The molecule has 0 saturated heterocycles. The summed E-state index contributed by atoms with van der Waals surface area (Å²) in [5, 5.41) is 0. The van der Waals surface area contributed by atoms with Gasteiger partial charge in [-0.2, -0.15) is 13.2 Å². The second-order valence-electron chi connectivity index (χ2n) is 5.96. The van der Waals surface area contributed by atoms with Crippen LogP contribution in [-0.2, 0) is 0 Å². The highest BCUT2D eigenvalue weighted by Gasteiger charge is 2.43. The summed E-state index contributed by atoms with van der Waals surface area (Å²) >= 11 is 0. The number of hydrazine groups is 1. The van der Waals surface area contributed by atoms with Gasteiger partial charge < -0.3 is 0 Å². The fourth-order valence-electron chi connectivity index (χ4n) is 3.17. The van der Waals surface area contributed by atoms with Crippen LogP contribution in [0.25, 0.3) is 0 Å². The van der Waals surface area contributed by atoms with Gasteiger partial charge in [0.15, 0.2) is 0 Å². The Morgan fingerprint density at radius 3 is 2.44 bits per heavy atom. The Morgan fingerprint density at radius 1 is 1.17 bits per heavy atom. The van der Waals surface area contributed by atoms with E-state index in [1.54, 1.807) is 0 Å². The molecule has 106 valence electrons. The molecule has 3 unspecified atom stereocenters. The van der Waals surface area contributed by atoms with Gasteiger partial charge in [-0.1, -0.05) is 19.3 Å². The molecule has 3 N–H and O–H groups in total. The Balaban J connectivity index is 1.84. The third-order valence-corrected chi connectivity index (χ3v) is 4.54. The van der Waals surface area contributed by atoms with Gasteiger partial charge in [-0.3, -0.25) is 11.3 Å². The molecule has 18 heavy (non-hydrogen) atoms. The lowest BCUT2D eigenvalue weighted by atomic mass is 9.76. The zero-order valence-electron chi connectivity index (χ0n) is 10.7.